The molecule has 0 saturated heterocycles. The second kappa shape index (κ2) is 3.72. The number of hydrogen-bond acceptors (Lipinski definition) is 2. The van der Waals surface area contributed by atoms with E-state index in [4.69, 9.17) is 0 Å². The first-order valence-corrected chi connectivity index (χ1v) is 4.40. The average molecular weight is 167 g/mol. The number of hydrogen-bond donors (Lipinski definition) is 1. The minimum atomic E-state index is 0.381. The number of nitrogens with one attached hydrogen (secondary N) is 1. The van der Waals surface area contributed by atoms with Gasteiger partial charge in [0, 0.05) is 12.6 Å². The minimum absolute atomic E-state index is 0.381. The molecule has 3 nitrogen and oxygen atoms in total. The highest BCUT2D eigenvalue weighted by Gasteiger charge is 2.09. The Morgan fingerprint density at radius 3 is 2.83 bits per heavy atom. The molecule has 0 aliphatic rings. The summed E-state index contributed by atoms with van der Waals surface area (Å²) >= 11 is 0. The Bertz CT molecular complexity index is 252. The summed E-state index contributed by atoms with van der Waals surface area (Å²) < 4.78 is 2.04. The second-order valence-corrected chi connectivity index (χ2v) is 3.04. The summed E-state index contributed by atoms with van der Waals surface area (Å²) in [5, 5.41) is 7.58. The molecule has 1 unspecified atom stereocenters. The number of rotatable bonds is 3. The SMILES string of the molecule is CCn1nc(C)cc1C(C)NC. The molecular formula is C9H17N3. The molecule has 1 atom stereocenters. The fourth-order valence-electron chi connectivity index (χ4n) is 1.32. The highest BCUT2D eigenvalue weighted by atomic mass is 15.3. The van der Waals surface area contributed by atoms with Gasteiger partial charge in [-0.15, -0.1) is 0 Å². The van der Waals surface area contributed by atoms with Gasteiger partial charge in [0.15, 0.2) is 0 Å². The molecule has 0 radical (unpaired) electrons. The fourth-order valence-corrected chi connectivity index (χ4v) is 1.32. The molecule has 0 fully saturated rings. The zero-order valence-corrected chi connectivity index (χ0v) is 8.26. The zero-order valence-electron chi connectivity index (χ0n) is 8.26. The van der Waals surface area contributed by atoms with Crippen LogP contribution in [0.15, 0.2) is 6.07 Å². The topological polar surface area (TPSA) is 29.9 Å². The van der Waals surface area contributed by atoms with Crippen LogP contribution in [0.3, 0.4) is 0 Å². The maximum absolute atomic E-state index is 4.37. The van der Waals surface area contributed by atoms with E-state index in [9.17, 15) is 0 Å². The van der Waals surface area contributed by atoms with Crippen molar-refractivity contribution in [1.29, 1.82) is 0 Å². The van der Waals surface area contributed by atoms with Crippen molar-refractivity contribution in [3.8, 4) is 0 Å². The van der Waals surface area contributed by atoms with Crippen molar-refractivity contribution in [1.82, 2.24) is 15.1 Å². The van der Waals surface area contributed by atoms with E-state index < -0.39 is 0 Å². The molecule has 0 spiro atoms. The van der Waals surface area contributed by atoms with Gasteiger partial charge in [-0.3, -0.25) is 4.68 Å². The van der Waals surface area contributed by atoms with E-state index in [-0.39, 0.29) is 0 Å². The van der Waals surface area contributed by atoms with E-state index in [1.165, 1.54) is 5.69 Å². The summed E-state index contributed by atoms with van der Waals surface area (Å²) in [6.07, 6.45) is 0. The predicted octanol–water partition coefficient (Wildman–Crippen LogP) is 1.49. The second-order valence-electron chi connectivity index (χ2n) is 3.04. The first kappa shape index (κ1) is 9.26. The van der Waals surface area contributed by atoms with Gasteiger partial charge in [0.1, 0.15) is 0 Å². The van der Waals surface area contributed by atoms with Crippen LogP contribution in [0, 0.1) is 6.92 Å². The van der Waals surface area contributed by atoms with E-state index in [1.54, 1.807) is 0 Å². The molecule has 1 N–H and O–H groups in total. The van der Waals surface area contributed by atoms with E-state index in [1.807, 2.05) is 18.7 Å². The van der Waals surface area contributed by atoms with E-state index in [0.717, 1.165) is 12.2 Å². The van der Waals surface area contributed by atoms with E-state index in [2.05, 4.69) is 30.3 Å². The summed E-state index contributed by atoms with van der Waals surface area (Å²) in [6.45, 7) is 7.22. The molecule has 3 heteroatoms. The van der Waals surface area contributed by atoms with Gasteiger partial charge in [0.25, 0.3) is 0 Å². The highest BCUT2D eigenvalue weighted by Crippen LogP contribution is 2.12. The molecular weight excluding hydrogens is 150 g/mol. The van der Waals surface area contributed by atoms with Crippen molar-refractivity contribution in [2.75, 3.05) is 7.05 Å². The molecule has 0 aliphatic heterocycles. The average Bonchev–Trinajstić information content (AvgIpc) is 2.45. The number of aromatic nitrogens is 2. The van der Waals surface area contributed by atoms with Crippen molar-refractivity contribution >= 4 is 0 Å². The molecule has 1 rings (SSSR count). The zero-order chi connectivity index (χ0) is 9.14. The minimum Gasteiger partial charge on any atom is -0.312 e. The molecule has 1 aromatic rings. The molecule has 12 heavy (non-hydrogen) atoms. The summed E-state index contributed by atoms with van der Waals surface area (Å²) in [4.78, 5) is 0. The Morgan fingerprint density at radius 1 is 1.67 bits per heavy atom. The normalized spacial score (nSPS) is 13.3. The van der Waals surface area contributed by atoms with Crippen LogP contribution in [-0.4, -0.2) is 16.8 Å². The third-order valence-corrected chi connectivity index (χ3v) is 2.11. The van der Waals surface area contributed by atoms with Crippen molar-refractivity contribution in [2.45, 2.75) is 33.4 Å². The highest BCUT2D eigenvalue weighted by molar-refractivity contribution is 5.12. The lowest BCUT2D eigenvalue weighted by Gasteiger charge is -2.11. The summed E-state index contributed by atoms with van der Waals surface area (Å²) in [5.41, 5.74) is 2.35. The lowest BCUT2D eigenvalue weighted by molar-refractivity contribution is 0.543. The van der Waals surface area contributed by atoms with Gasteiger partial charge in [0.2, 0.25) is 0 Å². The van der Waals surface area contributed by atoms with Crippen LogP contribution in [0.1, 0.15) is 31.3 Å². The fraction of sp³-hybridized carbons (Fsp3) is 0.667. The van der Waals surface area contributed by atoms with Gasteiger partial charge in [-0.2, -0.15) is 5.10 Å². The van der Waals surface area contributed by atoms with Gasteiger partial charge in [-0.25, -0.2) is 0 Å². The van der Waals surface area contributed by atoms with Gasteiger partial charge in [0.05, 0.1) is 11.4 Å². The quantitative estimate of drug-likeness (QED) is 0.739. The third-order valence-electron chi connectivity index (χ3n) is 2.11. The summed E-state index contributed by atoms with van der Waals surface area (Å²) in [7, 11) is 1.97. The first-order valence-electron chi connectivity index (χ1n) is 4.40. The summed E-state index contributed by atoms with van der Waals surface area (Å²) in [5.74, 6) is 0. The molecule has 1 heterocycles. The van der Waals surface area contributed by atoms with Crippen LogP contribution in [0.2, 0.25) is 0 Å². The van der Waals surface area contributed by atoms with Crippen molar-refractivity contribution in [2.24, 2.45) is 0 Å². The molecule has 0 aliphatic carbocycles. The number of nitrogens with zero attached hydrogens (tertiary/aromatic N) is 2. The monoisotopic (exact) mass is 167 g/mol. The lowest BCUT2D eigenvalue weighted by atomic mass is 10.2. The Balaban J connectivity index is 2.96. The molecule has 0 aromatic carbocycles. The van der Waals surface area contributed by atoms with Crippen LogP contribution < -0.4 is 5.32 Å². The molecule has 0 bridgehead atoms. The maximum atomic E-state index is 4.37. The van der Waals surface area contributed by atoms with Gasteiger partial charge in [-0.05, 0) is 33.9 Å². The van der Waals surface area contributed by atoms with Gasteiger partial charge < -0.3 is 5.32 Å². The Hall–Kier alpha value is -0.830. The molecule has 0 saturated carbocycles. The summed E-state index contributed by atoms with van der Waals surface area (Å²) in [6, 6.07) is 2.51. The van der Waals surface area contributed by atoms with Crippen LogP contribution in [0.25, 0.3) is 0 Å². The van der Waals surface area contributed by atoms with Crippen molar-refractivity contribution < 1.29 is 0 Å². The Labute approximate surface area is 73.8 Å². The Morgan fingerprint density at radius 2 is 2.33 bits per heavy atom. The van der Waals surface area contributed by atoms with Crippen molar-refractivity contribution in [3.63, 3.8) is 0 Å². The van der Waals surface area contributed by atoms with Gasteiger partial charge in [-0.1, -0.05) is 0 Å². The predicted molar refractivity (Wildman–Crippen MR) is 50.1 cm³/mol. The number of aryl methyl sites for hydroxylation is 2. The third kappa shape index (κ3) is 1.67. The standard InChI is InChI=1S/C9H17N3/c1-5-12-9(8(3)10-4)6-7(2)11-12/h6,8,10H,5H2,1-4H3. The van der Waals surface area contributed by atoms with Crippen LogP contribution >= 0.6 is 0 Å². The maximum Gasteiger partial charge on any atom is 0.0597 e. The Kier molecular flexibility index (Phi) is 2.87. The molecule has 0 amide bonds. The van der Waals surface area contributed by atoms with E-state index >= 15 is 0 Å². The molecule has 1 aromatic heterocycles. The molecule has 68 valence electrons. The van der Waals surface area contributed by atoms with Crippen LogP contribution in [0.4, 0.5) is 0 Å². The van der Waals surface area contributed by atoms with Crippen LogP contribution in [-0.2, 0) is 6.54 Å². The lowest BCUT2D eigenvalue weighted by Crippen LogP contribution is -2.16. The van der Waals surface area contributed by atoms with Gasteiger partial charge >= 0.3 is 0 Å². The van der Waals surface area contributed by atoms with E-state index in [0.29, 0.717) is 6.04 Å². The van der Waals surface area contributed by atoms with Crippen molar-refractivity contribution in [3.05, 3.63) is 17.5 Å². The largest absolute Gasteiger partial charge is 0.312 e. The smallest absolute Gasteiger partial charge is 0.0597 e. The first-order chi connectivity index (χ1) is 5.69. The van der Waals surface area contributed by atoms with Crippen LogP contribution in [0.5, 0.6) is 0 Å².